The summed E-state index contributed by atoms with van der Waals surface area (Å²) in [7, 11) is 0. The number of benzene rings is 1. The van der Waals surface area contributed by atoms with Crippen molar-refractivity contribution in [2.24, 2.45) is 5.92 Å². The zero-order chi connectivity index (χ0) is 15.7. The summed E-state index contributed by atoms with van der Waals surface area (Å²) >= 11 is 0. The molecular weight excluding hydrogens is 280 g/mol. The molecule has 2 aliphatic heterocycles. The van der Waals surface area contributed by atoms with Crippen molar-refractivity contribution >= 4 is 17.5 Å². The third kappa shape index (κ3) is 2.73. The first-order chi connectivity index (χ1) is 10.6. The molecule has 0 bridgehead atoms. The zero-order valence-electron chi connectivity index (χ0n) is 12.9. The molecule has 1 fully saturated rings. The molecule has 22 heavy (non-hydrogen) atoms. The normalized spacial score (nSPS) is 24.5. The number of para-hydroxylation sites is 1. The summed E-state index contributed by atoms with van der Waals surface area (Å²) in [6, 6.07) is 7.75. The first-order valence-electron chi connectivity index (χ1n) is 7.94. The highest BCUT2D eigenvalue weighted by atomic mass is 16.3. The molecular formula is C17H22N2O3. The van der Waals surface area contributed by atoms with Crippen LogP contribution in [-0.2, 0) is 16.0 Å². The van der Waals surface area contributed by atoms with Gasteiger partial charge < -0.3 is 14.9 Å². The number of nitrogens with zero attached hydrogens (tertiary/aromatic N) is 2. The van der Waals surface area contributed by atoms with Gasteiger partial charge in [-0.3, -0.25) is 9.59 Å². The molecule has 2 heterocycles. The van der Waals surface area contributed by atoms with E-state index in [0.717, 1.165) is 24.1 Å². The first-order valence-corrected chi connectivity index (χ1v) is 7.94. The van der Waals surface area contributed by atoms with Gasteiger partial charge in [-0.15, -0.1) is 0 Å². The molecule has 5 heteroatoms. The lowest BCUT2D eigenvalue weighted by Gasteiger charge is -2.30. The molecule has 1 aromatic carbocycles. The van der Waals surface area contributed by atoms with E-state index in [1.165, 1.54) is 0 Å². The molecule has 118 valence electrons. The zero-order valence-corrected chi connectivity index (χ0v) is 12.9. The fourth-order valence-electron chi connectivity index (χ4n) is 3.36. The van der Waals surface area contributed by atoms with Gasteiger partial charge in [0.1, 0.15) is 6.54 Å². The van der Waals surface area contributed by atoms with Crippen LogP contribution in [0.2, 0.25) is 0 Å². The van der Waals surface area contributed by atoms with Crippen LogP contribution >= 0.6 is 0 Å². The van der Waals surface area contributed by atoms with Gasteiger partial charge in [0, 0.05) is 31.1 Å². The number of aliphatic hydroxyl groups excluding tert-OH is 1. The number of anilines is 1. The highest BCUT2D eigenvalue weighted by Gasteiger charge is 2.34. The molecule has 2 atom stereocenters. The minimum Gasteiger partial charge on any atom is -0.391 e. The fraction of sp³-hybridized carbons (Fsp3) is 0.529. The Bertz CT molecular complexity index is 587. The number of amides is 2. The molecule has 3 rings (SSSR count). The highest BCUT2D eigenvalue weighted by Crippen LogP contribution is 2.28. The monoisotopic (exact) mass is 302 g/mol. The van der Waals surface area contributed by atoms with Crippen LogP contribution in [0.4, 0.5) is 5.69 Å². The van der Waals surface area contributed by atoms with Gasteiger partial charge in [-0.25, -0.2) is 0 Å². The number of aryl methyl sites for hydroxylation is 1. The third-order valence-electron chi connectivity index (χ3n) is 4.77. The van der Waals surface area contributed by atoms with Crippen molar-refractivity contribution in [2.75, 3.05) is 24.5 Å². The Balaban J connectivity index is 1.73. The number of hydrogen-bond donors (Lipinski definition) is 1. The number of aliphatic hydroxyl groups is 1. The van der Waals surface area contributed by atoms with Crippen molar-refractivity contribution in [2.45, 2.75) is 32.3 Å². The standard InChI is InChI=1S/C17H22N2O3/c1-2-12-9-18(10-15(12)20)17(22)11-19-14-6-4-3-5-13(14)7-8-16(19)21/h3-6,12,15,20H,2,7-11H2,1H3/t12-,15-/m0/s1. The number of hydrogen-bond acceptors (Lipinski definition) is 3. The van der Waals surface area contributed by atoms with Crippen LogP contribution in [0.3, 0.4) is 0 Å². The van der Waals surface area contributed by atoms with E-state index in [-0.39, 0.29) is 24.3 Å². The Morgan fingerprint density at radius 2 is 2.05 bits per heavy atom. The van der Waals surface area contributed by atoms with Crippen LogP contribution in [0.25, 0.3) is 0 Å². The molecule has 0 unspecified atom stereocenters. The molecule has 1 N–H and O–H groups in total. The van der Waals surface area contributed by atoms with Crippen LogP contribution in [-0.4, -0.2) is 47.6 Å². The van der Waals surface area contributed by atoms with E-state index in [1.54, 1.807) is 9.80 Å². The van der Waals surface area contributed by atoms with E-state index in [2.05, 4.69) is 0 Å². The molecule has 2 aliphatic rings. The molecule has 0 saturated carbocycles. The van der Waals surface area contributed by atoms with Crippen LogP contribution < -0.4 is 4.90 Å². The summed E-state index contributed by atoms with van der Waals surface area (Å²) in [6.07, 6.45) is 1.60. The maximum Gasteiger partial charge on any atom is 0.242 e. The number of likely N-dealkylation sites (tertiary alicyclic amines) is 1. The Kier molecular flexibility index (Phi) is 4.16. The number of β-amino-alcohol motifs (C(OH)–C–C–N with tert-alkyl or cyclic N) is 1. The van der Waals surface area contributed by atoms with E-state index in [1.807, 2.05) is 31.2 Å². The van der Waals surface area contributed by atoms with Crippen molar-refractivity contribution in [3.63, 3.8) is 0 Å². The summed E-state index contributed by atoms with van der Waals surface area (Å²) in [5, 5.41) is 9.95. The minimum absolute atomic E-state index is 0.00108. The molecule has 0 aromatic heterocycles. The Morgan fingerprint density at radius 3 is 2.77 bits per heavy atom. The van der Waals surface area contributed by atoms with Gasteiger partial charge in [0.2, 0.25) is 11.8 Å². The molecule has 0 spiro atoms. The molecule has 1 aromatic rings. The van der Waals surface area contributed by atoms with Crippen molar-refractivity contribution in [3.8, 4) is 0 Å². The van der Waals surface area contributed by atoms with Crippen LogP contribution in [0.1, 0.15) is 25.3 Å². The largest absolute Gasteiger partial charge is 0.391 e. The van der Waals surface area contributed by atoms with Crippen molar-refractivity contribution in [1.82, 2.24) is 4.90 Å². The molecule has 2 amide bonds. The van der Waals surface area contributed by atoms with E-state index in [0.29, 0.717) is 19.5 Å². The molecule has 1 saturated heterocycles. The molecule has 5 nitrogen and oxygen atoms in total. The summed E-state index contributed by atoms with van der Waals surface area (Å²) in [5.41, 5.74) is 1.96. The summed E-state index contributed by atoms with van der Waals surface area (Å²) in [4.78, 5) is 28.0. The van der Waals surface area contributed by atoms with Gasteiger partial charge in [-0.2, -0.15) is 0 Å². The lowest BCUT2D eigenvalue weighted by molar-refractivity contribution is -0.131. The number of carbonyl (C=O) groups is 2. The maximum atomic E-state index is 12.5. The second kappa shape index (κ2) is 6.08. The van der Waals surface area contributed by atoms with E-state index in [9.17, 15) is 14.7 Å². The number of rotatable bonds is 3. The van der Waals surface area contributed by atoms with Gasteiger partial charge in [-0.05, 0) is 24.5 Å². The summed E-state index contributed by atoms with van der Waals surface area (Å²) < 4.78 is 0. The van der Waals surface area contributed by atoms with Crippen molar-refractivity contribution < 1.29 is 14.7 Å². The van der Waals surface area contributed by atoms with Crippen LogP contribution in [0, 0.1) is 5.92 Å². The van der Waals surface area contributed by atoms with Crippen molar-refractivity contribution in [3.05, 3.63) is 29.8 Å². The lowest BCUT2D eigenvalue weighted by Crippen LogP contribution is -2.44. The minimum atomic E-state index is -0.446. The van der Waals surface area contributed by atoms with Gasteiger partial charge in [0.05, 0.1) is 6.10 Å². The smallest absolute Gasteiger partial charge is 0.242 e. The van der Waals surface area contributed by atoms with Gasteiger partial charge in [-0.1, -0.05) is 25.1 Å². The predicted octanol–water partition coefficient (Wildman–Crippen LogP) is 1.20. The quantitative estimate of drug-likeness (QED) is 0.912. The highest BCUT2D eigenvalue weighted by molar-refractivity contribution is 6.01. The molecule has 0 aliphatic carbocycles. The van der Waals surface area contributed by atoms with Crippen LogP contribution in [0.5, 0.6) is 0 Å². The van der Waals surface area contributed by atoms with Crippen molar-refractivity contribution in [1.29, 1.82) is 0 Å². The first kappa shape index (κ1) is 15.0. The van der Waals surface area contributed by atoms with E-state index >= 15 is 0 Å². The second-order valence-corrected chi connectivity index (χ2v) is 6.14. The van der Waals surface area contributed by atoms with E-state index < -0.39 is 6.10 Å². The number of carbonyl (C=O) groups excluding carboxylic acids is 2. The summed E-state index contributed by atoms with van der Waals surface area (Å²) in [5.74, 6) is 0.0622. The second-order valence-electron chi connectivity index (χ2n) is 6.14. The van der Waals surface area contributed by atoms with Gasteiger partial charge >= 0.3 is 0 Å². The Hall–Kier alpha value is -1.88. The predicted molar refractivity (Wildman–Crippen MR) is 83.5 cm³/mol. The fourth-order valence-corrected chi connectivity index (χ4v) is 3.36. The molecule has 0 radical (unpaired) electrons. The topological polar surface area (TPSA) is 60.9 Å². The third-order valence-corrected chi connectivity index (χ3v) is 4.77. The summed E-state index contributed by atoms with van der Waals surface area (Å²) in [6.45, 7) is 3.05. The van der Waals surface area contributed by atoms with E-state index in [4.69, 9.17) is 0 Å². The number of fused-ring (bicyclic) bond motifs is 1. The van der Waals surface area contributed by atoms with Gasteiger partial charge in [0.25, 0.3) is 0 Å². The maximum absolute atomic E-state index is 12.5. The Labute approximate surface area is 130 Å². The lowest BCUT2D eigenvalue weighted by atomic mass is 10.0. The van der Waals surface area contributed by atoms with Crippen LogP contribution in [0.15, 0.2) is 24.3 Å². The van der Waals surface area contributed by atoms with Gasteiger partial charge in [0.15, 0.2) is 0 Å². The SMILES string of the molecule is CC[C@H]1CN(C(=O)CN2C(=O)CCc3ccccc32)C[C@@H]1O. The average molecular weight is 302 g/mol. The Morgan fingerprint density at radius 1 is 1.27 bits per heavy atom. The average Bonchev–Trinajstić information content (AvgIpc) is 2.91.